The summed E-state index contributed by atoms with van der Waals surface area (Å²) >= 11 is 0. The molecule has 4 heteroatoms. The van der Waals surface area contributed by atoms with Gasteiger partial charge in [0.2, 0.25) is 0 Å². The molecule has 4 rings (SSSR count). The third-order valence-corrected chi connectivity index (χ3v) is 6.01. The third kappa shape index (κ3) is 1.05. The lowest BCUT2D eigenvalue weighted by Gasteiger charge is -2.63. The molecule has 2 N–H and O–H groups in total. The van der Waals surface area contributed by atoms with Gasteiger partial charge in [0.05, 0.1) is 17.4 Å². The highest BCUT2D eigenvalue weighted by Crippen LogP contribution is 2.62. The zero-order valence-electron chi connectivity index (χ0n) is 11.0. The molecule has 4 aliphatic rings. The Hall–Kier alpha value is -0.740. The first-order valence-corrected chi connectivity index (χ1v) is 6.73. The van der Waals surface area contributed by atoms with Gasteiger partial charge in [-0.1, -0.05) is 6.92 Å². The maximum atomic E-state index is 12.5. The molecule has 0 amide bonds. The van der Waals surface area contributed by atoms with Gasteiger partial charge in [0.15, 0.2) is 11.6 Å². The minimum atomic E-state index is -1.47. The van der Waals surface area contributed by atoms with Crippen LogP contribution < -0.4 is 0 Å². The Morgan fingerprint density at radius 1 is 1.22 bits per heavy atom. The van der Waals surface area contributed by atoms with E-state index in [0.29, 0.717) is 6.42 Å². The summed E-state index contributed by atoms with van der Waals surface area (Å²) in [6, 6.07) is 0. The SMILES string of the molecule is C[C@@H]1C2CC[C@@H](O)C3C(=O)[C@]1(C)C(=O)[C@@](C)(O)C32. The van der Waals surface area contributed by atoms with E-state index in [2.05, 4.69) is 0 Å². The van der Waals surface area contributed by atoms with Gasteiger partial charge in [-0.2, -0.15) is 0 Å². The molecule has 18 heavy (non-hydrogen) atoms. The Labute approximate surface area is 106 Å². The number of carbonyl (C=O) groups excluding carboxylic acids is 2. The number of aliphatic hydroxyl groups is 2. The van der Waals surface area contributed by atoms with Crippen molar-refractivity contribution in [3.8, 4) is 0 Å². The summed E-state index contributed by atoms with van der Waals surface area (Å²) in [5.74, 6) is -1.34. The molecule has 4 nitrogen and oxygen atoms in total. The fourth-order valence-electron chi connectivity index (χ4n) is 4.89. The van der Waals surface area contributed by atoms with Crippen LogP contribution in [0.2, 0.25) is 0 Å². The summed E-state index contributed by atoms with van der Waals surface area (Å²) in [5.41, 5.74) is -2.58. The molecule has 0 heterocycles. The largest absolute Gasteiger partial charge is 0.392 e. The van der Waals surface area contributed by atoms with Crippen LogP contribution in [0.5, 0.6) is 0 Å². The van der Waals surface area contributed by atoms with E-state index < -0.39 is 29.0 Å². The molecule has 3 unspecified atom stereocenters. The summed E-state index contributed by atoms with van der Waals surface area (Å²) in [5, 5.41) is 20.6. The van der Waals surface area contributed by atoms with Crippen LogP contribution >= 0.6 is 0 Å². The zero-order valence-corrected chi connectivity index (χ0v) is 11.0. The Balaban J connectivity index is 2.22. The molecular weight excluding hydrogens is 232 g/mol. The number of carbonyl (C=O) groups is 2. The molecular formula is C14H20O4. The summed E-state index contributed by atoms with van der Waals surface area (Å²) in [6.07, 6.45) is 0.683. The maximum Gasteiger partial charge on any atom is 0.177 e. The van der Waals surface area contributed by atoms with Gasteiger partial charge in [0.1, 0.15) is 5.60 Å². The second-order valence-corrected chi connectivity index (χ2v) is 6.69. The molecule has 0 saturated heterocycles. The molecule has 100 valence electrons. The van der Waals surface area contributed by atoms with E-state index in [9.17, 15) is 19.8 Å². The summed E-state index contributed by atoms with van der Waals surface area (Å²) in [4.78, 5) is 25.0. The highest BCUT2D eigenvalue weighted by molar-refractivity contribution is 6.15. The first-order valence-electron chi connectivity index (χ1n) is 6.73. The number of hydrogen-bond donors (Lipinski definition) is 2. The van der Waals surface area contributed by atoms with Crippen molar-refractivity contribution in [2.24, 2.45) is 29.1 Å². The second kappa shape index (κ2) is 3.23. The first-order chi connectivity index (χ1) is 8.24. The Morgan fingerprint density at radius 2 is 1.83 bits per heavy atom. The van der Waals surface area contributed by atoms with Crippen LogP contribution in [0.25, 0.3) is 0 Å². The van der Waals surface area contributed by atoms with Crippen LogP contribution in [0, 0.1) is 29.1 Å². The van der Waals surface area contributed by atoms with Gasteiger partial charge < -0.3 is 10.2 Å². The van der Waals surface area contributed by atoms with Crippen LogP contribution in [0.4, 0.5) is 0 Å². The van der Waals surface area contributed by atoms with Crippen molar-refractivity contribution in [2.45, 2.75) is 45.3 Å². The Bertz CT molecular complexity index is 441. The van der Waals surface area contributed by atoms with Gasteiger partial charge in [-0.3, -0.25) is 9.59 Å². The lowest BCUT2D eigenvalue weighted by atomic mass is 9.39. The van der Waals surface area contributed by atoms with Crippen molar-refractivity contribution >= 4 is 11.6 Å². The topological polar surface area (TPSA) is 74.6 Å². The highest BCUT2D eigenvalue weighted by Gasteiger charge is 2.73. The van der Waals surface area contributed by atoms with Crippen LogP contribution in [-0.2, 0) is 9.59 Å². The molecule has 0 aromatic heterocycles. The predicted octanol–water partition coefficient (Wildman–Crippen LogP) is 0.548. The van der Waals surface area contributed by atoms with E-state index in [4.69, 9.17) is 0 Å². The normalized spacial score (nSPS) is 59.1. The van der Waals surface area contributed by atoms with Crippen molar-refractivity contribution in [3.63, 3.8) is 0 Å². The van der Waals surface area contributed by atoms with Crippen molar-refractivity contribution in [3.05, 3.63) is 0 Å². The minimum absolute atomic E-state index is 0.0357. The summed E-state index contributed by atoms with van der Waals surface area (Å²) in [6.45, 7) is 5.12. The van der Waals surface area contributed by atoms with Gasteiger partial charge in [0, 0.05) is 5.92 Å². The number of fused-ring (bicyclic) bond motifs is 1. The highest BCUT2D eigenvalue weighted by atomic mass is 16.3. The molecule has 0 radical (unpaired) electrons. The van der Waals surface area contributed by atoms with Crippen molar-refractivity contribution in [1.29, 1.82) is 0 Å². The number of rotatable bonds is 0. The lowest BCUT2D eigenvalue weighted by Crippen LogP contribution is -2.75. The number of aliphatic hydroxyl groups excluding tert-OH is 1. The molecule has 4 aliphatic carbocycles. The van der Waals surface area contributed by atoms with Crippen LogP contribution in [0.3, 0.4) is 0 Å². The van der Waals surface area contributed by atoms with Gasteiger partial charge in [-0.25, -0.2) is 0 Å². The van der Waals surface area contributed by atoms with E-state index in [1.165, 1.54) is 6.92 Å². The van der Waals surface area contributed by atoms with Crippen molar-refractivity contribution in [2.75, 3.05) is 0 Å². The number of ketones is 2. The second-order valence-electron chi connectivity index (χ2n) is 6.69. The molecule has 4 bridgehead atoms. The van der Waals surface area contributed by atoms with Crippen LogP contribution in [-0.4, -0.2) is 33.5 Å². The maximum absolute atomic E-state index is 12.5. The lowest BCUT2D eigenvalue weighted by molar-refractivity contribution is -0.216. The van der Waals surface area contributed by atoms with Gasteiger partial charge in [0.25, 0.3) is 0 Å². The van der Waals surface area contributed by atoms with Crippen molar-refractivity contribution in [1.82, 2.24) is 0 Å². The standard InChI is InChI=1S/C14H20O4/c1-6-7-4-5-8(15)9-10(7)14(3,18)12(17)13(6,2)11(9)16/h6-10,15,18H,4-5H2,1-3H3/t6-,7?,8-,9?,10?,13-,14+/m1/s1. The van der Waals surface area contributed by atoms with Gasteiger partial charge in [-0.05, 0) is 38.5 Å². The molecule has 4 fully saturated rings. The fourth-order valence-corrected chi connectivity index (χ4v) is 4.89. The molecule has 0 aromatic carbocycles. The molecule has 0 spiro atoms. The monoisotopic (exact) mass is 252 g/mol. The van der Waals surface area contributed by atoms with E-state index in [-0.39, 0.29) is 23.4 Å². The number of hydrogen-bond acceptors (Lipinski definition) is 4. The predicted molar refractivity (Wildman–Crippen MR) is 63.6 cm³/mol. The van der Waals surface area contributed by atoms with Gasteiger partial charge >= 0.3 is 0 Å². The van der Waals surface area contributed by atoms with E-state index in [1.54, 1.807) is 6.92 Å². The van der Waals surface area contributed by atoms with Gasteiger partial charge in [-0.15, -0.1) is 0 Å². The average Bonchev–Trinajstić information content (AvgIpc) is 2.31. The summed E-state index contributed by atoms with van der Waals surface area (Å²) in [7, 11) is 0. The minimum Gasteiger partial charge on any atom is -0.392 e. The Kier molecular flexibility index (Phi) is 2.20. The molecule has 4 saturated carbocycles. The van der Waals surface area contributed by atoms with Crippen LogP contribution in [0.15, 0.2) is 0 Å². The number of Topliss-reactive ketones (excluding diaryl/α,β-unsaturated/α-hetero) is 2. The van der Waals surface area contributed by atoms with E-state index in [0.717, 1.165) is 6.42 Å². The quantitative estimate of drug-likeness (QED) is 0.617. The average molecular weight is 252 g/mol. The van der Waals surface area contributed by atoms with Crippen molar-refractivity contribution < 1.29 is 19.8 Å². The third-order valence-electron chi connectivity index (χ3n) is 6.01. The molecule has 0 aromatic rings. The smallest absolute Gasteiger partial charge is 0.177 e. The van der Waals surface area contributed by atoms with Crippen LogP contribution in [0.1, 0.15) is 33.6 Å². The van der Waals surface area contributed by atoms with E-state index in [1.807, 2.05) is 6.92 Å². The molecule has 0 aliphatic heterocycles. The zero-order chi connectivity index (χ0) is 13.5. The first kappa shape index (κ1) is 12.3. The fraction of sp³-hybridized carbons (Fsp3) is 0.857. The Morgan fingerprint density at radius 3 is 2.44 bits per heavy atom. The summed E-state index contributed by atoms with van der Waals surface area (Å²) < 4.78 is 0. The van der Waals surface area contributed by atoms with E-state index >= 15 is 0 Å². The molecule has 7 atom stereocenters.